The number of hydrogen-bond donors (Lipinski definition) is 2. The molecule has 0 aliphatic carbocycles. The lowest BCUT2D eigenvalue weighted by atomic mass is 10.2. The van der Waals surface area contributed by atoms with E-state index < -0.39 is 0 Å². The number of benzene rings is 1. The van der Waals surface area contributed by atoms with E-state index in [1.807, 2.05) is 36.0 Å². The van der Waals surface area contributed by atoms with E-state index in [0.29, 0.717) is 6.54 Å². The first kappa shape index (κ1) is 14.0. The molecule has 0 aliphatic heterocycles. The van der Waals surface area contributed by atoms with Crippen LogP contribution in [-0.2, 0) is 13.1 Å². The highest BCUT2D eigenvalue weighted by atomic mass is 15.3. The highest BCUT2D eigenvalue weighted by Gasteiger charge is 2.09. The Balaban J connectivity index is 2.15. The summed E-state index contributed by atoms with van der Waals surface area (Å²) in [5.41, 5.74) is 7.25. The summed E-state index contributed by atoms with van der Waals surface area (Å²) in [6, 6.07) is 7.63. The van der Waals surface area contributed by atoms with Crippen LogP contribution in [0.3, 0.4) is 0 Å². The molecular weight excluding hydrogens is 252 g/mol. The summed E-state index contributed by atoms with van der Waals surface area (Å²) in [7, 11) is 1.99. The first-order valence-corrected chi connectivity index (χ1v) is 6.64. The maximum atomic E-state index is 7.49. The number of rotatable bonds is 6. The van der Waals surface area contributed by atoms with Gasteiger partial charge in [-0.05, 0) is 18.6 Å². The molecule has 3 N–H and O–H groups in total. The van der Waals surface area contributed by atoms with Crippen molar-refractivity contribution in [3.63, 3.8) is 0 Å². The van der Waals surface area contributed by atoms with Crippen molar-refractivity contribution in [3.8, 4) is 0 Å². The van der Waals surface area contributed by atoms with Gasteiger partial charge in [0.25, 0.3) is 0 Å². The third-order valence-corrected chi connectivity index (χ3v) is 3.11. The van der Waals surface area contributed by atoms with E-state index in [1.165, 1.54) is 0 Å². The van der Waals surface area contributed by atoms with E-state index in [2.05, 4.69) is 21.9 Å². The Morgan fingerprint density at radius 3 is 2.95 bits per heavy atom. The molecule has 2 aromatic rings. The number of anilines is 1. The van der Waals surface area contributed by atoms with Crippen LogP contribution in [0, 0.1) is 5.41 Å². The fraction of sp³-hybridized carbons (Fsp3) is 0.357. The van der Waals surface area contributed by atoms with Gasteiger partial charge in [-0.3, -0.25) is 5.41 Å². The summed E-state index contributed by atoms with van der Waals surface area (Å²) >= 11 is 0. The molecule has 2 rings (SSSR count). The van der Waals surface area contributed by atoms with Gasteiger partial charge >= 0.3 is 0 Å². The quantitative estimate of drug-likeness (QED) is 0.618. The zero-order valence-electron chi connectivity index (χ0n) is 11.9. The Kier molecular flexibility index (Phi) is 4.34. The third-order valence-electron chi connectivity index (χ3n) is 3.11. The Morgan fingerprint density at radius 1 is 1.45 bits per heavy atom. The van der Waals surface area contributed by atoms with Crippen LogP contribution in [-0.4, -0.2) is 27.6 Å². The summed E-state index contributed by atoms with van der Waals surface area (Å²) in [6.45, 7) is 3.66. The van der Waals surface area contributed by atoms with Gasteiger partial charge in [0, 0.05) is 24.8 Å². The Bertz CT molecular complexity index is 589. The molecule has 0 bridgehead atoms. The summed E-state index contributed by atoms with van der Waals surface area (Å²) in [5, 5.41) is 11.7. The van der Waals surface area contributed by atoms with E-state index in [0.717, 1.165) is 30.0 Å². The maximum absolute atomic E-state index is 7.49. The molecule has 0 aliphatic rings. The van der Waals surface area contributed by atoms with Crippen molar-refractivity contribution in [2.75, 3.05) is 11.9 Å². The van der Waals surface area contributed by atoms with Gasteiger partial charge in [-0.25, -0.2) is 9.67 Å². The molecule has 0 amide bonds. The lowest BCUT2D eigenvalue weighted by Crippen LogP contribution is -2.21. The smallest absolute Gasteiger partial charge is 0.146 e. The lowest BCUT2D eigenvalue weighted by molar-refractivity contribution is 0.566. The number of amidine groups is 1. The molecule has 0 unspecified atom stereocenters. The zero-order valence-corrected chi connectivity index (χ0v) is 11.9. The predicted molar refractivity (Wildman–Crippen MR) is 79.9 cm³/mol. The third kappa shape index (κ3) is 3.14. The number of aromatic nitrogens is 3. The van der Waals surface area contributed by atoms with Crippen LogP contribution in [0.1, 0.15) is 24.7 Å². The van der Waals surface area contributed by atoms with Gasteiger partial charge in [-0.15, -0.1) is 0 Å². The van der Waals surface area contributed by atoms with Gasteiger partial charge in [-0.2, -0.15) is 5.10 Å². The van der Waals surface area contributed by atoms with Crippen LogP contribution in [0.2, 0.25) is 0 Å². The van der Waals surface area contributed by atoms with Crippen LogP contribution in [0.15, 0.2) is 30.6 Å². The molecule has 1 aromatic carbocycles. The second-order valence-corrected chi connectivity index (χ2v) is 4.72. The Morgan fingerprint density at radius 2 is 2.25 bits per heavy atom. The van der Waals surface area contributed by atoms with Gasteiger partial charge in [0.05, 0.1) is 6.54 Å². The molecule has 20 heavy (non-hydrogen) atoms. The average molecular weight is 272 g/mol. The molecule has 0 saturated carbocycles. The minimum atomic E-state index is 0.0781. The minimum absolute atomic E-state index is 0.0781. The first-order valence-electron chi connectivity index (χ1n) is 6.64. The fourth-order valence-electron chi connectivity index (χ4n) is 2.02. The van der Waals surface area contributed by atoms with Crippen molar-refractivity contribution in [3.05, 3.63) is 42.0 Å². The van der Waals surface area contributed by atoms with Gasteiger partial charge in [0.2, 0.25) is 0 Å². The molecule has 106 valence electrons. The van der Waals surface area contributed by atoms with E-state index in [4.69, 9.17) is 11.1 Å². The molecule has 0 spiro atoms. The topological polar surface area (TPSA) is 83.8 Å². The maximum Gasteiger partial charge on any atom is 0.146 e. The van der Waals surface area contributed by atoms with E-state index in [9.17, 15) is 0 Å². The number of aryl methyl sites for hydroxylation is 1. The first-order chi connectivity index (χ1) is 9.61. The van der Waals surface area contributed by atoms with Crippen LogP contribution >= 0.6 is 0 Å². The van der Waals surface area contributed by atoms with Gasteiger partial charge in [0.15, 0.2) is 0 Å². The molecule has 6 nitrogen and oxygen atoms in total. The van der Waals surface area contributed by atoms with Crippen LogP contribution in [0.4, 0.5) is 5.69 Å². The highest BCUT2D eigenvalue weighted by molar-refractivity contribution is 5.95. The monoisotopic (exact) mass is 272 g/mol. The van der Waals surface area contributed by atoms with E-state index in [-0.39, 0.29) is 5.84 Å². The number of nitrogens with two attached hydrogens (primary N) is 1. The van der Waals surface area contributed by atoms with E-state index in [1.54, 1.807) is 6.33 Å². The van der Waals surface area contributed by atoms with Crippen molar-refractivity contribution >= 4 is 11.5 Å². The summed E-state index contributed by atoms with van der Waals surface area (Å²) in [5.74, 6) is 1.01. The Hall–Kier alpha value is -2.37. The van der Waals surface area contributed by atoms with E-state index >= 15 is 0 Å². The lowest BCUT2D eigenvalue weighted by Gasteiger charge is -2.19. The standard InChI is InChI=1S/C14H20N6/c1-3-7-20-13(17-10-18-20)9-19(2)12-6-4-5-11(8-12)14(15)16/h4-6,8,10H,3,7,9H2,1-2H3,(H3,15,16). The normalized spacial score (nSPS) is 10.5. The molecule has 1 heterocycles. The largest absolute Gasteiger partial charge is 0.384 e. The Labute approximate surface area is 118 Å². The van der Waals surface area contributed by atoms with Crippen molar-refractivity contribution in [2.45, 2.75) is 26.4 Å². The van der Waals surface area contributed by atoms with Crippen LogP contribution in [0.25, 0.3) is 0 Å². The van der Waals surface area contributed by atoms with Crippen molar-refractivity contribution in [2.24, 2.45) is 5.73 Å². The number of nitrogens with zero attached hydrogens (tertiary/aromatic N) is 4. The predicted octanol–water partition coefficient (Wildman–Crippen LogP) is 1.61. The number of hydrogen-bond acceptors (Lipinski definition) is 4. The summed E-state index contributed by atoms with van der Waals surface area (Å²) < 4.78 is 1.92. The van der Waals surface area contributed by atoms with Gasteiger partial charge in [-0.1, -0.05) is 19.1 Å². The van der Waals surface area contributed by atoms with Crippen molar-refractivity contribution in [1.82, 2.24) is 14.8 Å². The fourth-order valence-corrected chi connectivity index (χ4v) is 2.02. The molecule has 0 radical (unpaired) electrons. The molecule has 6 heteroatoms. The highest BCUT2D eigenvalue weighted by Crippen LogP contribution is 2.16. The molecule has 0 atom stereocenters. The zero-order chi connectivity index (χ0) is 14.5. The number of nitrogens with one attached hydrogen (secondary N) is 1. The van der Waals surface area contributed by atoms with Crippen LogP contribution < -0.4 is 10.6 Å². The molecule has 1 aromatic heterocycles. The van der Waals surface area contributed by atoms with Gasteiger partial charge in [0.1, 0.15) is 18.0 Å². The van der Waals surface area contributed by atoms with Crippen LogP contribution in [0.5, 0.6) is 0 Å². The second-order valence-electron chi connectivity index (χ2n) is 4.72. The average Bonchev–Trinajstić information content (AvgIpc) is 2.86. The molecule has 0 fully saturated rings. The number of nitrogen functional groups attached to an aromatic ring is 1. The molecular formula is C14H20N6. The summed E-state index contributed by atoms with van der Waals surface area (Å²) in [4.78, 5) is 6.37. The summed E-state index contributed by atoms with van der Waals surface area (Å²) in [6.07, 6.45) is 2.62. The van der Waals surface area contributed by atoms with Gasteiger partial charge < -0.3 is 10.6 Å². The van der Waals surface area contributed by atoms with Crippen molar-refractivity contribution < 1.29 is 0 Å². The minimum Gasteiger partial charge on any atom is -0.384 e. The second kappa shape index (κ2) is 6.18. The molecule has 0 saturated heterocycles. The van der Waals surface area contributed by atoms with Crippen molar-refractivity contribution in [1.29, 1.82) is 5.41 Å². The SMILES string of the molecule is CCCn1ncnc1CN(C)c1cccc(C(=N)N)c1.